The lowest BCUT2D eigenvalue weighted by Crippen LogP contribution is -2.57. The number of aryl methyl sites for hydroxylation is 1. The van der Waals surface area contributed by atoms with Crippen LogP contribution in [0.1, 0.15) is 51.2 Å². The van der Waals surface area contributed by atoms with Gasteiger partial charge in [-0.05, 0) is 94.5 Å². The van der Waals surface area contributed by atoms with Gasteiger partial charge in [0.2, 0.25) is 11.8 Å². The van der Waals surface area contributed by atoms with Gasteiger partial charge in [-0.25, -0.2) is 4.79 Å². The number of piperidine rings is 1. The Bertz CT molecular complexity index is 1730. The zero-order chi connectivity index (χ0) is 33.7. The van der Waals surface area contributed by atoms with Gasteiger partial charge in [0.25, 0.3) is 0 Å². The summed E-state index contributed by atoms with van der Waals surface area (Å²) < 4.78 is 6.37. The lowest BCUT2D eigenvalue weighted by Gasteiger charge is -2.37. The van der Waals surface area contributed by atoms with E-state index in [-0.39, 0.29) is 24.0 Å². The molecule has 1 aliphatic rings. The lowest BCUT2D eigenvalue weighted by molar-refractivity contribution is -0.142. The summed E-state index contributed by atoms with van der Waals surface area (Å²) in [5.41, 5.74) is 4.71. The van der Waals surface area contributed by atoms with Crippen LogP contribution in [0.5, 0.6) is 5.75 Å². The van der Waals surface area contributed by atoms with Gasteiger partial charge in [0.15, 0.2) is 0 Å². The van der Waals surface area contributed by atoms with Crippen LogP contribution in [0, 0.1) is 6.92 Å². The maximum atomic E-state index is 14.0. The highest BCUT2D eigenvalue weighted by Crippen LogP contribution is 2.36. The van der Waals surface area contributed by atoms with Crippen LogP contribution < -0.4 is 10.6 Å². The summed E-state index contributed by atoms with van der Waals surface area (Å²) in [5.74, 6) is -0.475. The summed E-state index contributed by atoms with van der Waals surface area (Å²) in [5, 5.41) is 23.4. The number of alkyl carbamates (subject to hydrolysis) is 1. The van der Waals surface area contributed by atoms with E-state index in [1.54, 1.807) is 50.1 Å². The molecule has 2 heterocycles. The van der Waals surface area contributed by atoms with Gasteiger partial charge in [-0.1, -0.05) is 51.8 Å². The average Bonchev–Trinajstić information content (AvgIpc) is 3.52. The van der Waals surface area contributed by atoms with Crippen molar-refractivity contribution in [2.75, 3.05) is 11.9 Å². The summed E-state index contributed by atoms with van der Waals surface area (Å²) >= 11 is 3.44. The number of aromatic nitrogens is 2. The van der Waals surface area contributed by atoms with Gasteiger partial charge in [-0.3, -0.25) is 14.7 Å². The van der Waals surface area contributed by atoms with Crippen molar-refractivity contribution in [1.82, 2.24) is 20.4 Å². The highest BCUT2D eigenvalue weighted by molar-refractivity contribution is 9.10. The van der Waals surface area contributed by atoms with Crippen LogP contribution in [0.25, 0.3) is 22.4 Å². The quantitative estimate of drug-likeness (QED) is 0.157. The number of carbonyl (C=O) groups excluding carboxylic acids is 3. The second-order valence-corrected chi connectivity index (χ2v) is 13.7. The standard InChI is InChI=1S/C36H40BrN5O5/c1-22-8-17-31(43)27(19-22)32-28(21-38-41-32)24-11-15-26(16-12-24)39-33(44)30-7-5-6-18-42(30)34(45)29(40-35(46)47-36(2,3)4)20-23-9-13-25(37)14-10-23/h8-17,19,21,29-30,43H,5-7,18,20H2,1-4H3,(H,38,41)(H,39,44)(H,40,46). The molecule has 1 aromatic heterocycles. The molecule has 3 amide bonds. The summed E-state index contributed by atoms with van der Waals surface area (Å²) in [7, 11) is 0. The number of likely N-dealkylation sites (tertiary alicyclic amines) is 1. The maximum absolute atomic E-state index is 14.0. The number of H-pyrrole nitrogens is 1. The molecule has 2 unspecified atom stereocenters. The molecule has 0 radical (unpaired) electrons. The minimum atomic E-state index is -0.921. The van der Waals surface area contributed by atoms with E-state index in [9.17, 15) is 19.5 Å². The number of benzene rings is 3. The predicted molar refractivity (Wildman–Crippen MR) is 185 cm³/mol. The number of hydrogen-bond donors (Lipinski definition) is 4. The highest BCUT2D eigenvalue weighted by atomic mass is 79.9. The molecule has 0 spiro atoms. The van der Waals surface area contributed by atoms with Crippen molar-refractivity contribution in [2.45, 2.75) is 71.1 Å². The van der Waals surface area contributed by atoms with Crippen molar-refractivity contribution >= 4 is 39.5 Å². The Balaban J connectivity index is 1.32. The van der Waals surface area contributed by atoms with E-state index in [1.807, 2.05) is 55.5 Å². The zero-order valence-corrected chi connectivity index (χ0v) is 28.6. The lowest BCUT2D eigenvalue weighted by atomic mass is 9.97. The van der Waals surface area contributed by atoms with E-state index in [2.05, 4.69) is 36.8 Å². The van der Waals surface area contributed by atoms with Crippen LogP contribution in [0.3, 0.4) is 0 Å². The minimum absolute atomic E-state index is 0.150. The Labute approximate surface area is 283 Å². The van der Waals surface area contributed by atoms with Gasteiger partial charge in [-0.15, -0.1) is 0 Å². The fourth-order valence-electron chi connectivity index (χ4n) is 5.69. The molecule has 0 saturated carbocycles. The molecule has 2 atom stereocenters. The maximum Gasteiger partial charge on any atom is 0.408 e. The first kappa shape index (κ1) is 33.7. The van der Waals surface area contributed by atoms with E-state index in [0.717, 1.165) is 39.6 Å². The summed E-state index contributed by atoms with van der Waals surface area (Å²) in [6, 6.07) is 18.7. The summed E-state index contributed by atoms with van der Waals surface area (Å²) in [6.07, 6.45) is 3.31. The van der Waals surface area contributed by atoms with E-state index in [1.165, 1.54) is 0 Å². The first-order valence-electron chi connectivity index (χ1n) is 15.7. The Morgan fingerprint density at radius 1 is 1.04 bits per heavy atom. The van der Waals surface area contributed by atoms with Crippen molar-refractivity contribution in [3.63, 3.8) is 0 Å². The van der Waals surface area contributed by atoms with Crippen LogP contribution in [-0.4, -0.2) is 62.3 Å². The van der Waals surface area contributed by atoms with Gasteiger partial charge < -0.3 is 25.4 Å². The number of anilines is 1. The minimum Gasteiger partial charge on any atom is -0.507 e. The number of aromatic amines is 1. The monoisotopic (exact) mass is 701 g/mol. The molecule has 4 aromatic rings. The number of carbonyl (C=O) groups is 3. The molecule has 10 nitrogen and oxygen atoms in total. The largest absolute Gasteiger partial charge is 0.507 e. The third-order valence-corrected chi connectivity index (χ3v) is 8.48. The van der Waals surface area contributed by atoms with Crippen molar-refractivity contribution in [3.8, 4) is 28.1 Å². The van der Waals surface area contributed by atoms with Gasteiger partial charge in [-0.2, -0.15) is 5.10 Å². The van der Waals surface area contributed by atoms with Crippen LogP contribution in [0.4, 0.5) is 10.5 Å². The Hall–Kier alpha value is -4.64. The molecular weight excluding hydrogens is 662 g/mol. The second kappa shape index (κ2) is 14.4. The molecule has 0 aliphatic carbocycles. The molecule has 11 heteroatoms. The van der Waals surface area contributed by atoms with Crippen molar-refractivity contribution in [3.05, 3.63) is 88.5 Å². The Morgan fingerprint density at radius 3 is 2.47 bits per heavy atom. The molecule has 4 N–H and O–H groups in total. The smallest absolute Gasteiger partial charge is 0.408 e. The summed E-state index contributed by atoms with van der Waals surface area (Å²) in [6.45, 7) is 7.64. The Kier molecular flexibility index (Phi) is 10.3. The molecule has 47 heavy (non-hydrogen) atoms. The number of nitrogens with one attached hydrogen (secondary N) is 3. The molecule has 1 aliphatic heterocycles. The van der Waals surface area contributed by atoms with Crippen molar-refractivity contribution in [1.29, 1.82) is 0 Å². The number of amides is 3. The molecule has 1 saturated heterocycles. The number of rotatable bonds is 8. The number of nitrogens with zero attached hydrogens (tertiary/aromatic N) is 2. The van der Waals surface area contributed by atoms with Gasteiger partial charge >= 0.3 is 6.09 Å². The molecular formula is C36H40BrN5O5. The van der Waals surface area contributed by atoms with Crippen LogP contribution in [-0.2, 0) is 20.7 Å². The van der Waals surface area contributed by atoms with E-state index >= 15 is 0 Å². The predicted octanol–water partition coefficient (Wildman–Crippen LogP) is 6.98. The number of hydrogen-bond acceptors (Lipinski definition) is 6. The molecule has 0 bridgehead atoms. The van der Waals surface area contributed by atoms with E-state index in [0.29, 0.717) is 29.9 Å². The zero-order valence-electron chi connectivity index (χ0n) is 27.0. The van der Waals surface area contributed by atoms with E-state index < -0.39 is 23.8 Å². The fourth-order valence-corrected chi connectivity index (χ4v) is 5.96. The van der Waals surface area contributed by atoms with Crippen LogP contribution >= 0.6 is 15.9 Å². The normalized spacial score (nSPS) is 15.5. The molecule has 246 valence electrons. The number of phenols is 1. The average molecular weight is 703 g/mol. The van der Waals surface area contributed by atoms with Crippen LogP contribution in [0.15, 0.2) is 77.4 Å². The highest BCUT2D eigenvalue weighted by Gasteiger charge is 2.37. The fraction of sp³-hybridized carbons (Fsp3) is 0.333. The van der Waals surface area contributed by atoms with E-state index in [4.69, 9.17) is 4.74 Å². The molecule has 3 aromatic carbocycles. The molecule has 5 rings (SSSR count). The van der Waals surface area contributed by atoms with Gasteiger partial charge in [0, 0.05) is 34.3 Å². The topological polar surface area (TPSA) is 137 Å². The SMILES string of the molecule is Cc1ccc(O)c(-c2[nH]ncc2-c2ccc(NC(=O)C3CCCCN3C(=O)C(Cc3ccc(Br)cc3)NC(=O)OC(C)(C)C)cc2)c1. The number of halogens is 1. The second-order valence-electron chi connectivity index (χ2n) is 12.8. The Morgan fingerprint density at radius 2 is 1.77 bits per heavy atom. The van der Waals surface area contributed by atoms with Crippen molar-refractivity contribution < 1.29 is 24.2 Å². The van der Waals surface area contributed by atoms with Gasteiger partial charge in [0.1, 0.15) is 23.4 Å². The number of ether oxygens (including phenoxy) is 1. The van der Waals surface area contributed by atoms with Gasteiger partial charge in [0.05, 0.1) is 11.9 Å². The molecule has 1 fully saturated rings. The number of aromatic hydroxyl groups is 1. The first-order chi connectivity index (χ1) is 22.4. The third-order valence-electron chi connectivity index (χ3n) is 7.95. The summed E-state index contributed by atoms with van der Waals surface area (Å²) in [4.78, 5) is 42.1. The van der Waals surface area contributed by atoms with Crippen molar-refractivity contribution in [2.24, 2.45) is 0 Å². The number of phenolic OH excluding ortho intramolecular Hbond substituents is 1. The first-order valence-corrected chi connectivity index (χ1v) is 16.5. The van der Waals surface area contributed by atoms with Crippen LogP contribution in [0.2, 0.25) is 0 Å². The third kappa shape index (κ3) is 8.59.